The van der Waals surface area contributed by atoms with E-state index in [1.54, 1.807) is 18.2 Å². The van der Waals surface area contributed by atoms with Crippen molar-refractivity contribution in [2.24, 2.45) is 5.10 Å². The smallest absolute Gasteiger partial charge is 0.248 e. The number of ether oxygens (including phenoxy) is 2. The Morgan fingerprint density at radius 3 is 2.92 bits per heavy atom. The maximum absolute atomic E-state index is 12.4. The van der Waals surface area contributed by atoms with Crippen molar-refractivity contribution >= 4 is 23.1 Å². The minimum Gasteiger partial charge on any atom is -0.454 e. The van der Waals surface area contributed by atoms with E-state index in [1.807, 2.05) is 0 Å². The first kappa shape index (κ1) is 15.1. The maximum atomic E-state index is 12.4. The van der Waals surface area contributed by atoms with Gasteiger partial charge in [-0.05, 0) is 12.1 Å². The number of ketones is 1. The summed E-state index contributed by atoms with van der Waals surface area (Å²) in [6.07, 6.45) is 4.45. The summed E-state index contributed by atoms with van der Waals surface area (Å²) in [6.45, 7) is 0.165. The van der Waals surface area contributed by atoms with Crippen molar-refractivity contribution in [3.8, 4) is 11.5 Å². The highest BCUT2D eigenvalue weighted by atomic mass is 16.7. The summed E-state index contributed by atoms with van der Waals surface area (Å²) >= 11 is 0. The van der Waals surface area contributed by atoms with Crippen LogP contribution >= 0.6 is 0 Å². The molecule has 0 fully saturated rings. The van der Waals surface area contributed by atoms with E-state index in [1.165, 1.54) is 18.6 Å². The van der Waals surface area contributed by atoms with Gasteiger partial charge in [0.15, 0.2) is 11.5 Å². The molecule has 1 aromatic carbocycles. The third-order valence-electron chi connectivity index (χ3n) is 3.77. The highest BCUT2D eigenvalue weighted by Gasteiger charge is 2.30. The number of rotatable bonds is 4. The second-order valence-electron chi connectivity index (χ2n) is 5.42. The molecular formula is C16H13N5O4. The Kier molecular flexibility index (Phi) is 3.73. The molecule has 1 aromatic heterocycles. The van der Waals surface area contributed by atoms with E-state index in [0.29, 0.717) is 17.2 Å². The van der Waals surface area contributed by atoms with Crippen molar-refractivity contribution in [3.63, 3.8) is 0 Å². The number of carbonyl (C=O) groups excluding carboxylic acids is 2. The fourth-order valence-corrected chi connectivity index (χ4v) is 2.50. The Labute approximate surface area is 142 Å². The predicted octanol–water partition coefficient (Wildman–Crippen LogP) is 0.745. The number of nitrogens with zero attached hydrogens (tertiary/aromatic N) is 3. The van der Waals surface area contributed by atoms with Crippen LogP contribution in [0.3, 0.4) is 0 Å². The Balaban J connectivity index is 1.39. The second kappa shape index (κ2) is 6.19. The lowest BCUT2D eigenvalue weighted by molar-refractivity contribution is -0.117. The molecule has 2 N–H and O–H groups in total. The molecule has 1 unspecified atom stereocenters. The van der Waals surface area contributed by atoms with Crippen molar-refractivity contribution in [1.82, 2.24) is 15.4 Å². The molecule has 3 heterocycles. The van der Waals surface area contributed by atoms with Crippen molar-refractivity contribution < 1.29 is 19.1 Å². The van der Waals surface area contributed by atoms with Gasteiger partial charge in [0.1, 0.15) is 17.4 Å². The van der Waals surface area contributed by atoms with Gasteiger partial charge in [-0.25, -0.2) is 4.98 Å². The van der Waals surface area contributed by atoms with Crippen molar-refractivity contribution in [2.75, 3.05) is 12.1 Å². The fraction of sp³-hybridized carbons (Fsp3) is 0.188. The molecule has 0 bridgehead atoms. The summed E-state index contributed by atoms with van der Waals surface area (Å²) in [6, 6.07) is 4.48. The number of nitrogens with one attached hydrogen (secondary N) is 2. The Hall–Kier alpha value is -3.49. The van der Waals surface area contributed by atoms with Crippen LogP contribution < -0.4 is 20.2 Å². The molecule has 2 aromatic rings. The number of hydrogen-bond donors (Lipinski definition) is 2. The molecule has 1 amide bonds. The van der Waals surface area contributed by atoms with E-state index in [-0.39, 0.29) is 36.3 Å². The van der Waals surface area contributed by atoms with Crippen LogP contribution in [0.1, 0.15) is 16.9 Å². The van der Waals surface area contributed by atoms with Crippen molar-refractivity contribution in [3.05, 3.63) is 42.5 Å². The van der Waals surface area contributed by atoms with Crippen LogP contribution in [0, 0.1) is 0 Å². The molecule has 126 valence electrons. The molecule has 9 nitrogen and oxygen atoms in total. The number of aromatic nitrogens is 2. The third-order valence-corrected chi connectivity index (χ3v) is 3.77. The van der Waals surface area contributed by atoms with E-state index in [4.69, 9.17) is 9.47 Å². The van der Waals surface area contributed by atoms with E-state index in [2.05, 4.69) is 25.8 Å². The molecule has 0 saturated heterocycles. The number of fused-ring (bicyclic) bond motifs is 1. The molecular weight excluding hydrogens is 326 g/mol. The lowest BCUT2D eigenvalue weighted by atomic mass is 10.1. The summed E-state index contributed by atoms with van der Waals surface area (Å²) in [5, 5.41) is 6.72. The molecule has 0 aliphatic carbocycles. The molecule has 2 aliphatic heterocycles. The first-order chi connectivity index (χ1) is 12.2. The Morgan fingerprint density at radius 2 is 2.08 bits per heavy atom. The van der Waals surface area contributed by atoms with Crippen LogP contribution in [0.4, 0.5) is 5.69 Å². The van der Waals surface area contributed by atoms with E-state index in [9.17, 15) is 9.59 Å². The Bertz CT molecular complexity index is 868. The predicted molar refractivity (Wildman–Crippen MR) is 86.5 cm³/mol. The highest BCUT2D eigenvalue weighted by molar-refractivity contribution is 6.46. The van der Waals surface area contributed by atoms with Gasteiger partial charge >= 0.3 is 0 Å². The first-order valence-corrected chi connectivity index (χ1v) is 7.54. The minimum absolute atomic E-state index is 0.165. The summed E-state index contributed by atoms with van der Waals surface area (Å²) in [5.41, 5.74) is 3.69. The van der Waals surface area contributed by atoms with Crippen LogP contribution in [-0.4, -0.2) is 40.2 Å². The normalized spacial score (nSPS) is 17.6. The largest absolute Gasteiger partial charge is 0.454 e. The van der Waals surface area contributed by atoms with E-state index >= 15 is 0 Å². The molecule has 9 heteroatoms. The molecule has 1 atom stereocenters. The number of Topliss-reactive ketones (excluding diaryl/α,β-unsaturated/α-hetero) is 1. The fourth-order valence-electron chi connectivity index (χ4n) is 2.50. The highest BCUT2D eigenvalue weighted by Crippen LogP contribution is 2.34. The summed E-state index contributed by atoms with van der Waals surface area (Å²) < 4.78 is 10.5. The van der Waals surface area contributed by atoms with Gasteiger partial charge < -0.3 is 14.8 Å². The van der Waals surface area contributed by atoms with Crippen molar-refractivity contribution in [2.45, 2.75) is 12.5 Å². The second-order valence-corrected chi connectivity index (χ2v) is 5.42. The number of anilines is 1. The summed E-state index contributed by atoms with van der Waals surface area (Å²) in [5.74, 6) is 0.563. The van der Waals surface area contributed by atoms with E-state index in [0.717, 1.165) is 0 Å². The maximum Gasteiger partial charge on any atom is 0.248 e. The zero-order valence-electron chi connectivity index (χ0n) is 12.9. The van der Waals surface area contributed by atoms with Gasteiger partial charge in [-0.15, -0.1) is 0 Å². The van der Waals surface area contributed by atoms with E-state index < -0.39 is 6.04 Å². The van der Waals surface area contributed by atoms with Gasteiger partial charge in [-0.2, -0.15) is 5.10 Å². The number of hydrazone groups is 1. The summed E-state index contributed by atoms with van der Waals surface area (Å²) in [7, 11) is 0. The quantitative estimate of drug-likeness (QED) is 0.790. The lowest BCUT2D eigenvalue weighted by Crippen LogP contribution is -2.35. The molecule has 2 aliphatic rings. The van der Waals surface area contributed by atoms with Gasteiger partial charge in [0.25, 0.3) is 0 Å². The topological polar surface area (TPSA) is 115 Å². The lowest BCUT2D eigenvalue weighted by Gasteiger charge is -2.11. The number of benzene rings is 1. The van der Waals surface area contributed by atoms with Crippen LogP contribution in [0.15, 0.2) is 41.9 Å². The van der Waals surface area contributed by atoms with Gasteiger partial charge in [0.05, 0.1) is 6.20 Å². The first-order valence-electron chi connectivity index (χ1n) is 7.54. The number of carbonyl (C=O) groups is 2. The number of amides is 1. The zero-order valence-corrected chi connectivity index (χ0v) is 12.9. The zero-order chi connectivity index (χ0) is 17.2. The SMILES string of the molecule is O=C(C1=NNC(C(=O)Nc2ccc3c(c2)OCO3)C1)c1cnccn1. The monoisotopic (exact) mass is 339 g/mol. The third kappa shape index (κ3) is 2.99. The minimum atomic E-state index is -0.638. The van der Waals surface area contributed by atoms with Gasteiger partial charge in [-0.1, -0.05) is 0 Å². The number of hydrogen-bond acceptors (Lipinski definition) is 8. The summed E-state index contributed by atoms with van der Waals surface area (Å²) in [4.78, 5) is 32.4. The van der Waals surface area contributed by atoms with Gasteiger partial charge in [0, 0.05) is 30.6 Å². The molecule has 0 radical (unpaired) electrons. The van der Waals surface area contributed by atoms with Crippen LogP contribution in [0.2, 0.25) is 0 Å². The average Bonchev–Trinajstić information content (AvgIpc) is 3.31. The molecule has 0 spiro atoms. The standard InChI is InChI=1S/C16H13N5O4/c22-15(12-7-17-3-4-18-12)10-6-11(21-20-10)16(23)19-9-1-2-13-14(5-9)25-8-24-13/h1-5,7,11,21H,6,8H2,(H,19,23). The average molecular weight is 339 g/mol. The van der Waals surface area contributed by atoms with Crippen LogP contribution in [0.25, 0.3) is 0 Å². The van der Waals surface area contributed by atoms with Crippen LogP contribution in [-0.2, 0) is 4.79 Å². The molecule has 4 rings (SSSR count). The Morgan fingerprint density at radius 1 is 1.20 bits per heavy atom. The van der Waals surface area contributed by atoms with Gasteiger partial charge in [0.2, 0.25) is 18.5 Å². The van der Waals surface area contributed by atoms with Gasteiger partial charge in [-0.3, -0.25) is 20.0 Å². The molecule has 0 saturated carbocycles. The van der Waals surface area contributed by atoms with Crippen molar-refractivity contribution in [1.29, 1.82) is 0 Å². The molecule has 25 heavy (non-hydrogen) atoms. The van der Waals surface area contributed by atoms with Crippen LogP contribution in [0.5, 0.6) is 11.5 Å².